The van der Waals surface area contributed by atoms with Gasteiger partial charge in [0.15, 0.2) is 9.84 Å². The van der Waals surface area contributed by atoms with Gasteiger partial charge >= 0.3 is 6.01 Å². The molecule has 0 aliphatic heterocycles. The molecule has 1 N–H and O–H groups in total. The lowest BCUT2D eigenvalue weighted by Crippen LogP contribution is -2.13. The fourth-order valence-electron chi connectivity index (χ4n) is 3.39. The van der Waals surface area contributed by atoms with Crippen LogP contribution in [0.4, 0.5) is 6.01 Å². The standard InChI is InChI=1S/C20H19N3O4S/c1-28(25,26)17-9-5-4-8-16(17)19-22-23-20(27-19)21-18(24)15-11-10-13-6-2-3-7-14(13)12-15/h4-5,8-12H,2-3,6-7H2,1H3,(H,21,23,24). The zero-order valence-electron chi connectivity index (χ0n) is 15.3. The summed E-state index contributed by atoms with van der Waals surface area (Å²) in [6.07, 6.45) is 5.44. The lowest BCUT2D eigenvalue weighted by molar-refractivity contribution is 0.102. The quantitative estimate of drug-likeness (QED) is 0.725. The molecular formula is C20H19N3O4S. The monoisotopic (exact) mass is 397 g/mol. The van der Waals surface area contributed by atoms with E-state index in [-0.39, 0.29) is 22.7 Å². The third-order valence-corrected chi connectivity index (χ3v) is 5.93. The number of carbonyl (C=O) groups is 1. The zero-order chi connectivity index (χ0) is 19.7. The van der Waals surface area contributed by atoms with Crippen molar-refractivity contribution in [2.45, 2.75) is 30.6 Å². The van der Waals surface area contributed by atoms with E-state index < -0.39 is 9.84 Å². The van der Waals surface area contributed by atoms with E-state index in [0.29, 0.717) is 11.1 Å². The molecular weight excluding hydrogens is 378 g/mol. The summed E-state index contributed by atoms with van der Waals surface area (Å²) in [5.74, 6) is -0.318. The maximum Gasteiger partial charge on any atom is 0.322 e. The van der Waals surface area contributed by atoms with E-state index in [1.165, 1.54) is 23.6 Å². The van der Waals surface area contributed by atoms with Crippen LogP contribution in [0.2, 0.25) is 0 Å². The van der Waals surface area contributed by atoms with E-state index in [2.05, 4.69) is 15.5 Å². The average molecular weight is 397 g/mol. The molecule has 0 saturated heterocycles. The number of amides is 1. The topological polar surface area (TPSA) is 102 Å². The fourth-order valence-corrected chi connectivity index (χ4v) is 4.27. The molecule has 8 heteroatoms. The first-order valence-corrected chi connectivity index (χ1v) is 10.9. The number of aromatic nitrogens is 2. The van der Waals surface area contributed by atoms with Gasteiger partial charge in [0.25, 0.3) is 11.8 Å². The van der Waals surface area contributed by atoms with E-state index >= 15 is 0 Å². The van der Waals surface area contributed by atoms with E-state index in [1.54, 1.807) is 24.3 Å². The van der Waals surface area contributed by atoms with Gasteiger partial charge in [-0.3, -0.25) is 10.1 Å². The zero-order valence-corrected chi connectivity index (χ0v) is 16.1. The summed E-state index contributed by atoms with van der Waals surface area (Å²) in [6, 6.07) is 12.0. The molecule has 1 aliphatic carbocycles. The highest BCUT2D eigenvalue weighted by molar-refractivity contribution is 7.90. The minimum atomic E-state index is -3.46. The minimum absolute atomic E-state index is 0.0294. The number of hydrogen-bond acceptors (Lipinski definition) is 6. The van der Waals surface area contributed by atoms with Gasteiger partial charge in [-0.2, -0.15) is 0 Å². The molecule has 1 heterocycles. The van der Waals surface area contributed by atoms with Gasteiger partial charge in [0.1, 0.15) is 0 Å². The van der Waals surface area contributed by atoms with Gasteiger partial charge in [0.2, 0.25) is 0 Å². The Labute approximate surface area is 162 Å². The molecule has 2 aromatic carbocycles. The van der Waals surface area contributed by atoms with Crippen LogP contribution < -0.4 is 5.32 Å². The van der Waals surface area contributed by atoms with Gasteiger partial charge in [-0.15, -0.1) is 5.10 Å². The van der Waals surface area contributed by atoms with Crippen molar-refractivity contribution in [3.63, 3.8) is 0 Å². The van der Waals surface area contributed by atoms with Crippen LogP contribution in [-0.4, -0.2) is 30.8 Å². The van der Waals surface area contributed by atoms with Crippen LogP contribution in [-0.2, 0) is 22.7 Å². The Bertz CT molecular complexity index is 1150. The molecule has 0 atom stereocenters. The van der Waals surface area contributed by atoms with Gasteiger partial charge < -0.3 is 4.42 Å². The van der Waals surface area contributed by atoms with Gasteiger partial charge in [-0.1, -0.05) is 23.3 Å². The Morgan fingerprint density at radius 2 is 1.79 bits per heavy atom. The highest BCUT2D eigenvalue weighted by Crippen LogP contribution is 2.27. The minimum Gasteiger partial charge on any atom is -0.403 e. The third kappa shape index (κ3) is 3.68. The highest BCUT2D eigenvalue weighted by atomic mass is 32.2. The summed E-state index contributed by atoms with van der Waals surface area (Å²) >= 11 is 0. The molecule has 7 nitrogen and oxygen atoms in total. The highest BCUT2D eigenvalue weighted by Gasteiger charge is 2.20. The Hall–Kier alpha value is -3.00. The number of anilines is 1. The summed E-state index contributed by atoms with van der Waals surface area (Å²) in [7, 11) is -3.46. The Kier molecular flexibility index (Phi) is 4.72. The summed E-state index contributed by atoms with van der Waals surface area (Å²) in [6.45, 7) is 0. The van der Waals surface area contributed by atoms with Crippen molar-refractivity contribution in [3.8, 4) is 11.5 Å². The summed E-state index contributed by atoms with van der Waals surface area (Å²) in [5.41, 5.74) is 3.32. The third-order valence-electron chi connectivity index (χ3n) is 4.77. The van der Waals surface area contributed by atoms with E-state index in [0.717, 1.165) is 25.5 Å². The first-order valence-electron chi connectivity index (χ1n) is 8.98. The van der Waals surface area contributed by atoms with E-state index in [9.17, 15) is 13.2 Å². The number of fused-ring (bicyclic) bond motifs is 1. The molecule has 0 bridgehead atoms. The van der Waals surface area contributed by atoms with Crippen LogP contribution in [0, 0.1) is 0 Å². The summed E-state index contributed by atoms with van der Waals surface area (Å²) in [4.78, 5) is 12.6. The number of hydrogen-bond donors (Lipinski definition) is 1. The van der Waals surface area contributed by atoms with Crippen LogP contribution in [0.25, 0.3) is 11.5 Å². The molecule has 1 aliphatic rings. The molecule has 0 unspecified atom stereocenters. The van der Waals surface area contributed by atoms with Crippen molar-refractivity contribution in [1.82, 2.24) is 10.2 Å². The predicted molar refractivity (Wildman–Crippen MR) is 104 cm³/mol. The van der Waals surface area contributed by atoms with E-state index in [1.807, 2.05) is 12.1 Å². The lowest BCUT2D eigenvalue weighted by Gasteiger charge is -2.16. The van der Waals surface area contributed by atoms with Crippen molar-refractivity contribution in [3.05, 3.63) is 59.2 Å². The van der Waals surface area contributed by atoms with Crippen molar-refractivity contribution >= 4 is 21.8 Å². The molecule has 1 aromatic heterocycles. The van der Waals surface area contributed by atoms with Crippen LogP contribution >= 0.6 is 0 Å². The molecule has 0 spiro atoms. The molecule has 4 rings (SSSR count). The van der Waals surface area contributed by atoms with Crippen LogP contribution in [0.5, 0.6) is 0 Å². The molecule has 0 fully saturated rings. The average Bonchev–Trinajstić information content (AvgIpc) is 3.15. The normalized spacial score (nSPS) is 13.8. The Balaban J connectivity index is 1.57. The second-order valence-electron chi connectivity index (χ2n) is 6.83. The number of sulfone groups is 1. The largest absolute Gasteiger partial charge is 0.403 e. The van der Waals surface area contributed by atoms with Crippen LogP contribution in [0.3, 0.4) is 0 Å². The second-order valence-corrected chi connectivity index (χ2v) is 8.81. The van der Waals surface area contributed by atoms with Crippen molar-refractivity contribution in [1.29, 1.82) is 0 Å². The second kappa shape index (κ2) is 7.20. The fraction of sp³-hybridized carbons (Fsp3) is 0.250. The first kappa shape index (κ1) is 18.4. The van der Waals surface area contributed by atoms with Gasteiger partial charge in [0, 0.05) is 11.8 Å². The lowest BCUT2D eigenvalue weighted by atomic mass is 9.90. The molecule has 0 saturated carbocycles. The summed E-state index contributed by atoms with van der Waals surface area (Å²) < 4.78 is 29.4. The molecule has 0 radical (unpaired) electrons. The smallest absolute Gasteiger partial charge is 0.322 e. The van der Waals surface area contributed by atoms with Gasteiger partial charge in [-0.25, -0.2) is 8.42 Å². The number of carbonyl (C=O) groups excluding carboxylic acids is 1. The predicted octanol–water partition coefficient (Wildman–Crippen LogP) is 3.27. The molecule has 144 valence electrons. The van der Waals surface area contributed by atoms with Crippen molar-refractivity contribution in [2.75, 3.05) is 11.6 Å². The SMILES string of the molecule is CS(=O)(=O)c1ccccc1-c1nnc(NC(=O)c2ccc3c(c2)CCCC3)o1. The van der Waals surface area contributed by atoms with Crippen molar-refractivity contribution < 1.29 is 17.6 Å². The molecule has 3 aromatic rings. The molecule has 28 heavy (non-hydrogen) atoms. The van der Waals surface area contributed by atoms with Crippen molar-refractivity contribution in [2.24, 2.45) is 0 Å². The Morgan fingerprint density at radius 3 is 2.57 bits per heavy atom. The Morgan fingerprint density at radius 1 is 1.04 bits per heavy atom. The maximum absolute atomic E-state index is 12.5. The number of nitrogens with zero attached hydrogens (tertiary/aromatic N) is 2. The first-order chi connectivity index (χ1) is 13.4. The maximum atomic E-state index is 12.5. The molecule has 1 amide bonds. The van der Waals surface area contributed by atoms with Gasteiger partial charge in [0.05, 0.1) is 10.5 Å². The van der Waals surface area contributed by atoms with Crippen LogP contribution in [0.1, 0.15) is 34.3 Å². The van der Waals surface area contributed by atoms with E-state index in [4.69, 9.17) is 4.42 Å². The number of aryl methyl sites for hydroxylation is 2. The van der Waals surface area contributed by atoms with Crippen LogP contribution in [0.15, 0.2) is 51.8 Å². The summed E-state index contributed by atoms with van der Waals surface area (Å²) in [5, 5.41) is 10.3. The number of rotatable bonds is 4. The number of benzene rings is 2. The number of nitrogens with one attached hydrogen (secondary N) is 1. The van der Waals surface area contributed by atoms with Gasteiger partial charge in [-0.05, 0) is 61.1 Å².